The maximum atomic E-state index is 9.66. The van der Waals surface area contributed by atoms with Crippen molar-refractivity contribution in [2.45, 2.75) is 6.42 Å². The van der Waals surface area contributed by atoms with Crippen LogP contribution in [0.3, 0.4) is 0 Å². The Morgan fingerprint density at radius 2 is 2.00 bits per heavy atom. The maximum Gasteiger partial charge on any atom is 0.0868 e. The van der Waals surface area contributed by atoms with Crippen molar-refractivity contribution >= 4 is 10.9 Å². The molecule has 2 aromatic rings. The first kappa shape index (κ1) is 10.1. The number of nitrogens with zero attached hydrogens (tertiary/aromatic N) is 2. The minimum absolute atomic E-state index is 0.881. The van der Waals surface area contributed by atoms with E-state index in [0.717, 1.165) is 23.9 Å². The van der Waals surface area contributed by atoms with Crippen LogP contribution in [0.25, 0.3) is 10.9 Å². The van der Waals surface area contributed by atoms with Gasteiger partial charge in [0.15, 0.2) is 0 Å². The van der Waals surface area contributed by atoms with Crippen LogP contribution < -0.4 is 0 Å². The summed E-state index contributed by atoms with van der Waals surface area (Å²) in [7, 11) is 4.11. The summed E-state index contributed by atoms with van der Waals surface area (Å²) in [6.45, 7) is 0.994. The molecule has 0 saturated heterocycles. The molecule has 15 heavy (non-hydrogen) atoms. The van der Waals surface area contributed by atoms with Gasteiger partial charge in [0.2, 0.25) is 0 Å². The molecule has 0 radical (unpaired) electrons. The van der Waals surface area contributed by atoms with Gasteiger partial charge < -0.3 is 10.1 Å². The highest BCUT2D eigenvalue weighted by molar-refractivity contribution is 5.83. The molecule has 3 nitrogen and oxygen atoms in total. The van der Waals surface area contributed by atoms with Crippen LogP contribution in [0.4, 0.5) is 0 Å². The fraction of sp³-hybridized carbons (Fsp3) is 0.333. The second kappa shape index (κ2) is 3.95. The van der Waals surface area contributed by atoms with Crippen molar-refractivity contribution in [1.29, 1.82) is 0 Å². The highest BCUT2D eigenvalue weighted by Gasteiger charge is 2.06. The molecular formula is C12H16N2O. The molecule has 0 aliphatic heterocycles. The zero-order chi connectivity index (χ0) is 10.8. The van der Waals surface area contributed by atoms with E-state index in [4.69, 9.17) is 0 Å². The first-order valence-corrected chi connectivity index (χ1v) is 5.11. The molecular weight excluding hydrogens is 188 g/mol. The molecule has 0 fully saturated rings. The van der Waals surface area contributed by atoms with Gasteiger partial charge in [-0.2, -0.15) is 4.73 Å². The minimum Gasteiger partial charge on any atom is -0.428 e. The van der Waals surface area contributed by atoms with Crippen LogP contribution in [-0.4, -0.2) is 35.5 Å². The van der Waals surface area contributed by atoms with Gasteiger partial charge in [-0.15, -0.1) is 0 Å². The van der Waals surface area contributed by atoms with E-state index >= 15 is 0 Å². The highest BCUT2D eigenvalue weighted by Crippen LogP contribution is 2.20. The molecule has 0 amide bonds. The number of hydrogen-bond donors (Lipinski definition) is 1. The number of aromatic nitrogens is 1. The molecule has 0 saturated carbocycles. The van der Waals surface area contributed by atoms with Crippen molar-refractivity contribution in [1.82, 2.24) is 9.63 Å². The van der Waals surface area contributed by atoms with Crippen molar-refractivity contribution < 1.29 is 5.21 Å². The predicted octanol–water partition coefficient (Wildman–Crippen LogP) is 1.98. The smallest absolute Gasteiger partial charge is 0.0868 e. The predicted molar refractivity (Wildman–Crippen MR) is 61.4 cm³/mol. The van der Waals surface area contributed by atoms with Crippen molar-refractivity contribution in [2.24, 2.45) is 0 Å². The molecule has 0 aliphatic rings. The normalized spacial score (nSPS) is 11.4. The van der Waals surface area contributed by atoms with Crippen molar-refractivity contribution in [3.05, 3.63) is 36.0 Å². The van der Waals surface area contributed by atoms with Gasteiger partial charge in [0.05, 0.1) is 5.52 Å². The lowest BCUT2D eigenvalue weighted by molar-refractivity contribution is 0.199. The Morgan fingerprint density at radius 1 is 1.27 bits per heavy atom. The molecule has 0 aliphatic carbocycles. The number of likely N-dealkylation sites (N-methyl/N-ethyl adjacent to an activating group) is 1. The van der Waals surface area contributed by atoms with Gasteiger partial charge in [0.25, 0.3) is 0 Å². The SMILES string of the molecule is CN(C)CCc1cn(O)c2ccccc12. The second-order valence-electron chi connectivity index (χ2n) is 4.07. The molecule has 1 heterocycles. The van der Waals surface area contributed by atoms with E-state index in [1.54, 1.807) is 6.20 Å². The average Bonchev–Trinajstić information content (AvgIpc) is 2.54. The van der Waals surface area contributed by atoms with Gasteiger partial charge in [-0.25, -0.2) is 0 Å². The molecule has 3 heteroatoms. The van der Waals surface area contributed by atoms with E-state index in [1.807, 2.05) is 24.3 Å². The number of fused-ring (bicyclic) bond motifs is 1. The summed E-state index contributed by atoms with van der Waals surface area (Å²) < 4.78 is 1.21. The van der Waals surface area contributed by atoms with Crippen LogP contribution in [0.1, 0.15) is 5.56 Å². The largest absolute Gasteiger partial charge is 0.428 e. The first-order valence-electron chi connectivity index (χ1n) is 5.11. The first-order chi connectivity index (χ1) is 7.18. The van der Waals surface area contributed by atoms with Gasteiger partial charge in [0.1, 0.15) is 0 Å². The van der Waals surface area contributed by atoms with E-state index in [0.29, 0.717) is 0 Å². The second-order valence-corrected chi connectivity index (χ2v) is 4.07. The highest BCUT2D eigenvalue weighted by atomic mass is 16.5. The third-order valence-electron chi connectivity index (χ3n) is 2.60. The summed E-state index contributed by atoms with van der Waals surface area (Å²) >= 11 is 0. The summed E-state index contributed by atoms with van der Waals surface area (Å²) in [5.74, 6) is 0. The number of hydrogen-bond acceptors (Lipinski definition) is 2. The number of para-hydroxylation sites is 1. The summed E-state index contributed by atoms with van der Waals surface area (Å²) in [6.07, 6.45) is 2.76. The Bertz CT molecular complexity index is 460. The van der Waals surface area contributed by atoms with Gasteiger partial charge in [-0.3, -0.25) is 0 Å². The third-order valence-corrected chi connectivity index (χ3v) is 2.60. The third kappa shape index (κ3) is 1.97. The molecule has 0 atom stereocenters. The fourth-order valence-electron chi connectivity index (χ4n) is 1.77. The van der Waals surface area contributed by atoms with E-state index in [2.05, 4.69) is 19.0 Å². The van der Waals surface area contributed by atoms with Crippen LogP contribution in [0.2, 0.25) is 0 Å². The van der Waals surface area contributed by atoms with E-state index < -0.39 is 0 Å². The number of benzene rings is 1. The van der Waals surface area contributed by atoms with E-state index in [-0.39, 0.29) is 0 Å². The van der Waals surface area contributed by atoms with Crippen LogP contribution in [0.5, 0.6) is 0 Å². The fourth-order valence-corrected chi connectivity index (χ4v) is 1.77. The van der Waals surface area contributed by atoms with E-state index in [1.165, 1.54) is 10.3 Å². The van der Waals surface area contributed by atoms with Crippen molar-refractivity contribution in [3.63, 3.8) is 0 Å². The molecule has 1 N–H and O–H groups in total. The summed E-state index contributed by atoms with van der Waals surface area (Å²) in [5.41, 5.74) is 2.08. The monoisotopic (exact) mass is 204 g/mol. The topological polar surface area (TPSA) is 28.4 Å². The summed E-state index contributed by atoms with van der Waals surface area (Å²) in [4.78, 5) is 2.14. The Balaban J connectivity index is 2.35. The molecule has 0 unspecified atom stereocenters. The lowest BCUT2D eigenvalue weighted by atomic mass is 10.1. The Labute approximate surface area is 89.5 Å². The Morgan fingerprint density at radius 3 is 2.73 bits per heavy atom. The van der Waals surface area contributed by atoms with Gasteiger partial charge in [-0.1, -0.05) is 18.2 Å². The van der Waals surface area contributed by atoms with Gasteiger partial charge in [-0.05, 0) is 32.1 Å². The zero-order valence-corrected chi connectivity index (χ0v) is 9.14. The average molecular weight is 204 g/mol. The van der Waals surface area contributed by atoms with Gasteiger partial charge in [0, 0.05) is 18.1 Å². The van der Waals surface area contributed by atoms with Crippen LogP contribution in [0.15, 0.2) is 30.5 Å². The minimum atomic E-state index is 0.881. The van der Waals surface area contributed by atoms with Gasteiger partial charge >= 0.3 is 0 Å². The Kier molecular flexibility index (Phi) is 2.64. The lowest BCUT2D eigenvalue weighted by Crippen LogP contribution is -2.14. The van der Waals surface area contributed by atoms with E-state index in [9.17, 15) is 5.21 Å². The lowest BCUT2D eigenvalue weighted by Gasteiger charge is -2.07. The van der Waals surface area contributed by atoms with Crippen molar-refractivity contribution in [2.75, 3.05) is 20.6 Å². The van der Waals surface area contributed by atoms with Crippen LogP contribution in [0, 0.1) is 0 Å². The molecule has 0 spiro atoms. The standard InChI is InChI=1S/C12H16N2O/c1-13(2)8-7-10-9-14(15)12-6-4-3-5-11(10)12/h3-6,9,15H,7-8H2,1-2H3. The zero-order valence-electron chi connectivity index (χ0n) is 9.14. The summed E-state index contributed by atoms with van der Waals surface area (Å²) in [6, 6.07) is 7.91. The Hall–Kier alpha value is -1.48. The molecule has 1 aromatic carbocycles. The number of rotatable bonds is 3. The quantitative estimate of drug-likeness (QED) is 0.774. The molecule has 0 bridgehead atoms. The molecule has 80 valence electrons. The van der Waals surface area contributed by atoms with Crippen molar-refractivity contribution in [3.8, 4) is 0 Å². The molecule has 1 aromatic heterocycles. The molecule has 2 rings (SSSR count). The van der Waals surface area contributed by atoms with Crippen LogP contribution in [-0.2, 0) is 6.42 Å². The maximum absolute atomic E-state index is 9.66. The van der Waals surface area contributed by atoms with Crippen LogP contribution >= 0.6 is 0 Å². The summed E-state index contributed by atoms with van der Waals surface area (Å²) in [5, 5.41) is 10.8.